The first-order valence-electron chi connectivity index (χ1n) is 16.2. The average Bonchev–Trinajstić information content (AvgIpc) is 3.02. The SMILES string of the molecule is O=C(COC1(CCc2ccc([C@@H]3[C@@H](CC[C@H](O)c4ccc(F)cc4)C(=O)N3c3ccc(F)cc3)cc2)COC1)CC1(C(=O)O)CCC1. The van der Waals surface area contributed by atoms with Crippen molar-refractivity contribution in [3.05, 3.63) is 101 Å². The summed E-state index contributed by atoms with van der Waals surface area (Å²) in [6, 6.07) is 19.1. The summed E-state index contributed by atoms with van der Waals surface area (Å²) in [6.07, 6.45) is 3.02. The number of rotatable bonds is 15. The second-order valence-electron chi connectivity index (χ2n) is 13.2. The molecule has 3 fully saturated rings. The van der Waals surface area contributed by atoms with E-state index >= 15 is 0 Å². The molecule has 3 aromatic carbocycles. The number of halogens is 2. The molecule has 2 saturated heterocycles. The van der Waals surface area contributed by atoms with E-state index in [1.165, 1.54) is 36.4 Å². The molecule has 0 aromatic heterocycles. The number of Topliss-reactive ketones (excluding diaryl/α,β-unsaturated/α-hetero) is 1. The predicted octanol–water partition coefficient (Wildman–Crippen LogP) is 6.12. The first-order chi connectivity index (χ1) is 22.6. The van der Waals surface area contributed by atoms with Gasteiger partial charge in [-0.25, -0.2) is 8.78 Å². The molecule has 0 bridgehead atoms. The molecule has 10 heteroatoms. The Hall–Kier alpha value is -3.99. The molecule has 2 heterocycles. The fourth-order valence-corrected chi connectivity index (χ4v) is 6.90. The normalized spacial score (nSPS) is 21.7. The van der Waals surface area contributed by atoms with E-state index in [9.17, 15) is 33.4 Å². The quantitative estimate of drug-likeness (QED) is 0.191. The van der Waals surface area contributed by atoms with Crippen molar-refractivity contribution in [2.24, 2.45) is 11.3 Å². The highest BCUT2D eigenvalue weighted by atomic mass is 19.1. The van der Waals surface area contributed by atoms with E-state index in [2.05, 4.69) is 0 Å². The Morgan fingerprint density at radius 3 is 2.15 bits per heavy atom. The zero-order valence-corrected chi connectivity index (χ0v) is 26.1. The number of carbonyl (C=O) groups excluding carboxylic acids is 2. The number of β-lactam (4-membered cyclic amide) rings is 1. The number of carboxylic acids is 1. The van der Waals surface area contributed by atoms with E-state index in [1.807, 2.05) is 24.3 Å². The number of nitrogens with zero attached hydrogens (tertiary/aromatic N) is 1. The maximum atomic E-state index is 13.7. The van der Waals surface area contributed by atoms with Gasteiger partial charge in [0.15, 0.2) is 5.78 Å². The number of carbonyl (C=O) groups is 3. The molecular formula is C37H39F2NO7. The molecule has 0 unspecified atom stereocenters. The van der Waals surface area contributed by atoms with Crippen LogP contribution in [0.3, 0.4) is 0 Å². The maximum Gasteiger partial charge on any atom is 0.310 e. The summed E-state index contributed by atoms with van der Waals surface area (Å²) < 4.78 is 38.5. The van der Waals surface area contributed by atoms with Crippen molar-refractivity contribution in [3.63, 3.8) is 0 Å². The number of carboxylic acid groups (broad SMARTS) is 1. The van der Waals surface area contributed by atoms with Crippen molar-refractivity contribution >= 4 is 23.3 Å². The summed E-state index contributed by atoms with van der Waals surface area (Å²) in [6.45, 7) is 0.596. The molecule has 3 aromatic rings. The first-order valence-corrected chi connectivity index (χ1v) is 16.2. The fourth-order valence-electron chi connectivity index (χ4n) is 6.90. The molecule has 1 amide bonds. The summed E-state index contributed by atoms with van der Waals surface area (Å²) in [5.74, 6) is -2.41. The second kappa shape index (κ2) is 13.6. The van der Waals surface area contributed by atoms with Gasteiger partial charge >= 0.3 is 5.97 Å². The van der Waals surface area contributed by atoms with Gasteiger partial charge in [0.1, 0.15) is 23.8 Å². The predicted molar refractivity (Wildman–Crippen MR) is 169 cm³/mol. The van der Waals surface area contributed by atoms with Gasteiger partial charge in [0.05, 0.1) is 36.7 Å². The van der Waals surface area contributed by atoms with Crippen LogP contribution in [0.5, 0.6) is 0 Å². The van der Waals surface area contributed by atoms with Gasteiger partial charge in [-0.15, -0.1) is 0 Å². The molecular weight excluding hydrogens is 608 g/mol. The van der Waals surface area contributed by atoms with Gasteiger partial charge in [-0.2, -0.15) is 0 Å². The summed E-state index contributed by atoms with van der Waals surface area (Å²) in [5.41, 5.74) is 1.58. The van der Waals surface area contributed by atoms with Crippen LogP contribution in [0.15, 0.2) is 72.8 Å². The van der Waals surface area contributed by atoms with Gasteiger partial charge in [-0.05, 0) is 91.6 Å². The lowest BCUT2D eigenvalue weighted by Crippen LogP contribution is -2.55. The highest BCUT2D eigenvalue weighted by molar-refractivity contribution is 6.03. The minimum absolute atomic E-state index is 0.00840. The van der Waals surface area contributed by atoms with E-state index < -0.39 is 34.8 Å². The second-order valence-corrected chi connectivity index (χ2v) is 13.2. The molecule has 8 nitrogen and oxygen atoms in total. The topological polar surface area (TPSA) is 113 Å². The van der Waals surface area contributed by atoms with Gasteiger partial charge in [0.2, 0.25) is 5.91 Å². The van der Waals surface area contributed by atoms with Crippen LogP contribution in [-0.2, 0) is 30.3 Å². The van der Waals surface area contributed by atoms with Crippen molar-refractivity contribution in [1.82, 2.24) is 0 Å². The number of benzene rings is 3. The van der Waals surface area contributed by atoms with Crippen LogP contribution in [0.4, 0.5) is 14.5 Å². The third-order valence-electron chi connectivity index (χ3n) is 10.1. The Morgan fingerprint density at radius 1 is 0.957 bits per heavy atom. The molecule has 0 radical (unpaired) electrons. The molecule has 1 saturated carbocycles. The minimum Gasteiger partial charge on any atom is -0.481 e. The number of aryl methyl sites for hydroxylation is 1. The van der Waals surface area contributed by atoms with E-state index in [0.717, 1.165) is 17.5 Å². The van der Waals surface area contributed by atoms with E-state index in [0.29, 0.717) is 63.0 Å². The minimum atomic E-state index is -0.940. The van der Waals surface area contributed by atoms with E-state index in [-0.39, 0.29) is 36.6 Å². The largest absolute Gasteiger partial charge is 0.481 e. The molecule has 248 valence electrons. The van der Waals surface area contributed by atoms with Gasteiger partial charge in [0.25, 0.3) is 0 Å². The summed E-state index contributed by atoms with van der Waals surface area (Å²) in [4.78, 5) is 39.3. The summed E-state index contributed by atoms with van der Waals surface area (Å²) in [5, 5.41) is 20.3. The highest BCUT2D eigenvalue weighted by Gasteiger charge is 2.49. The van der Waals surface area contributed by atoms with E-state index in [4.69, 9.17) is 9.47 Å². The lowest BCUT2D eigenvalue weighted by Gasteiger charge is -2.48. The molecule has 2 N–H and O–H groups in total. The van der Waals surface area contributed by atoms with Crippen LogP contribution >= 0.6 is 0 Å². The van der Waals surface area contributed by atoms with Crippen LogP contribution in [0.25, 0.3) is 0 Å². The molecule has 3 atom stereocenters. The Morgan fingerprint density at radius 2 is 1.60 bits per heavy atom. The summed E-state index contributed by atoms with van der Waals surface area (Å²) >= 11 is 0. The number of anilines is 1. The maximum absolute atomic E-state index is 13.7. The fraction of sp³-hybridized carbons (Fsp3) is 0.432. The third-order valence-corrected chi connectivity index (χ3v) is 10.1. The lowest BCUT2D eigenvalue weighted by atomic mass is 9.66. The van der Waals surface area contributed by atoms with Crippen LogP contribution in [0.2, 0.25) is 0 Å². The van der Waals surface area contributed by atoms with Crippen molar-refractivity contribution in [1.29, 1.82) is 0 Å². The molecule has 47 heavy (non-hydrogen) atoms. The number of aliphatic carboxylic acids is 1. The van der Waals surface area contributed by atoms with Crippen molar-refractivity contribution in [2.45, 2.75) is 69.1 Å². The number of aliphatic hydroxyl groups excluding tert-OH is 1. The summed E-state index contributed by atoms with van der Waals surface area (Å²) in [7, 11) is 0. The van der Waals surface area contributed by atoms with Gasteiger partial charge in [-0.3, -0.25) is 14.4 Å². The monoisotopic (exact) mass is 647 g/mol. The number of hydrogen-bond donors (Lipinski definition) is 2. The standard InChI is InChI=1S/C37H39F2NO7/c38-27-8-6-25(7-9-27)32(42)15-14-31-33(40(34(31)43)29-12-10-28(39)11-13-29)26-4-2-24(3-5-26)16-19-37(22-46-23-37)47-21-30(41)20-36(35(44)45)17-1-18-36/h2-13,31-33,42H,1,14-23H2,(H,44,45)/t31-,32+,33-/m1/s1. The Labute approximate surface area is 272 Å². The zero-order chi connectivity index (χ0) is 33.2. The lowest BCUT2D eigenvalue weighted by molar-refractivity contribution is -0.212. The third kappa shape index (κ3) is 7.00. The number of ether oxygens (including phenoxy) is 2. The number of hydrogen-bond acceptors (Lipinski definition) is 6. The van der Waals surface area contributed by atoms with E-state index in [1.54, 1.807) is 17.0 Å². The van der Waals surface area contributed by atoms with Crippen LogP contribution < -0.4 is 4.90 Å². The molecule has 0 spiro atoms. The molecule has 3 aliphatic rings. The first kappa shape index (κ1) is 32.9. The van der Waals surface area contributed by atoms with Crippen molar-refractivity contribution in [2.75, 3.05) is 24.7 Å². The average molecular weight is 648 g/mol. The zero-order valence-electron chi connectivity index (χ0n) is 26.1. The highest BCUT2D eigenvalue weighted by Crippen LogP contribution is 2.47. The van der Waals surface area contributed by atoms with Crippen molar-refractivity contribution < 1.29 is 42.9 Å². The molecule has 6 rings (SSSR count). The van der Waals surface area contributed by atoms with Crippen LogP contribution in [0.1, 0.15) is 73.8 Å². The van der Waals surface area contributed by atoms with Crippen molar-refractivity contribution in [3.8, 4) is 0 Å². The van der Waals surface area contributed by atoms with Gasteiger partial charge < -0.3 is 24.6 Å². The van der Waals surface area contributed by atoms with Crippen LogP contribution in [0, 0.1) is 23.0 Å². The Bertz CT molecular complexity index is 1580. The number of amides is 1. The Kier molecular flexibility index (Phi) is 9.55. The smallest absolute Gasteiger partial charge is 0.310 e. The molecule has 1 aliphatic carbocycles. The van der Waals surface area contributed by atoms with Gasteiger partial charge in [-0.1, -0.05) is 42.8 Å². The van der Waals surface area contributed by atoms with Crippen LogP contribution in [-0.4, -0.2) is 53.3 Å². The number of ketones is 1. The number of aliphatic hydroxyl groups is 1. The molecule has 2 aliphatic heterocycles. The van der Waals surface area contributed by atoms with Gasteiger partial charge in [0, 0.05) is 12.1 Å². The Balaban J connectivity index is 1.09.